The van der Waals surface area contributed by atoms with E-state index in [-0.39, 0.29) is 5.12 Å². The summed E-state index contributed by atoms with van der Waals surface area (Å²) < 4.78 is 10.0. The summed E-state index contributed by atoms with van der Waals surface area (Å²) in [5.41, 5.74) is 1.44. The number of carbonyl (C=O) groups excluding carboxylic acids is 2. The Labute approximate surface area is 152 Å². The largest absolute Gasteiger partial charge is 0.444 e. The zero-order chi connectivity index (χ0) is 17.9. The maximum atomic E-state index is 10.6. The Bertz CT molecular complexity index is 672. The van der Waals surface area contributed by atoms with E-state index in [9.17, 15) is 9.59 Å². The zero-order valence-corrected chi connectivity index (χ0v) is 15.1. The number of esters is 1. The van der Waals surface area contributed by atoms with E-state index in [1.807, 2.05) is 48.5 Å². The number of benzene rings is 2. The van der Waals surface area contributed by atoms with Crippen molar-refractivity contribution in [1.29, 1.82) is 0 Å². The lowest BCUT2D eigenvalue weighted by atomic mass is 10.2. The molecule has 4 nitrogen and oxygen atoms in total. The highest BCUT2D eigenvalue weighted by molar-refractivity contribution is 7.97. The Morgan fingerprint density at radius 1 is 0.917 bits per heavy atom. The molecule has 2 aromatic rings. The van der Waals surface area contributed by atoms with Gasteiger partial charge in [0.05, 0.1) is 0 Å². The Morgan fingerprint density at radius 3 is 1.75 bits per heavy atom. The lowest BCUT2D eigenvalue weighted by molar-refractivity contribution is -0.159. The van der Waals surface area contributed by atoms with E-state index >= 15 is 0 Å². The predicted molar refractivity (Wildman–Crippen MR) is 100 cm³/mol. The van der Waals surface area contributed by atoms with Gasteiger partial charge in [0.2, 0.25) is 11.4 Å². The van der Waals surface area contributed by atoms with Gasteiger partial charge in [-0.3, -0.25) is 9.59 Å². The summed E-state index contributed by atoms with van der Waals surface area (Å²) in [6.07, 6.45) is -0.657. The molecule has 0 bridgehead atoms. The fourth-order valence-electron chi connectivity index (χ4n) is 1.63. The minimum absolute atomic E-state index is 0.185. The van der Waals surface area contributed by atoms with Gasteiger partial charge >= 0.3 is 5.97 Å². The van der Waals surface area contributed by atoms with Gasteiger partial charge < -0.3 is 9.47 Å². The van der Waals surface area contributed by atoms with Crippen molar-refractivity contribution >= 4 is 41.0 Å². The summed E-state index contributed by atoms with van der Waals surface area (Å²) in [6.45, 7) is 2.95. The topological polar surface area (TPSA) is 52.6 Å². The summed E-state index contributed by atoms with van der Waals surface area (Å²) in [7, 11) is 0. The van der Waals surface area contributed by atoms with Crippen LogP contribution in [-0.2, 0) is 14.3 Å². The number of thiocarbonyl (C=S) groups is 1. The highest BCUT2D eigenvalue weighted by Crippen LogP contribution is 2.06. The second-order valence-electron chi connectivity index (χ2n) is 4.62. The molecule has 1 unspecified atom stereocenters. The second-order valence-corrected chi connectivity index (χ2v) is 5.40. The van der Waals surface area contributed by atoms with E-state index in [0.717, 1.165) is 5.56 Å². The first-order valence-electron chi connectivity index (χ1n) is 7.11. The van der Waals surface area contributed by atoms with Crippen LogP contribution >= 0.6 is 24.8 Å². The van der Waals surface area contributed by atoms with E-state index in [1.54, 1.807) is 19.1 Å². The van der Waals surface area contributed by atoms with E-state index < -0.39 is 12.3 Å². The Kier molecular flexibility index (Phi) is 8.75. The molecule has 0 saturated carbocycles. The van der Waals surface area contributed by atoms with Crippen molar-refractivity contribution in [2.75, 3.05) is 0 Å². The molecule has 0 aliphatic heterocycles. The first kappa shape index (κ1) is 19.9. The molecule has 0 aliphatic rings. The van der Waals surface area contributed by atoms with Crippen LogP contribution in [0.4, 0.5) is 0 Å². The SMILES string of the molecule is CC(=O)OC(C)OC(=S)c1ccccc1.O=C(S)c1ccccc1. The summed E-state index contributed by atoms with van der Waals surface area (Å²) in [6, 6.07) is 18.2. The monoisotopic (exact) mass is 362 g/mol. The summed E-state index contributed by atoms with van der Waals surface area (Å²) in [4.78, 5) is 21.1. The van der Waals surface area contributed by atoms with Crippen LogP contribution in [-0.4, -0.2) is 22.4 Å². The van der Waals surface area contributed by atoms with Crippen molar-refractivity contribution in [3.8, 4) is 0 Å². The van der Waals surface area contributed by atoms with Crippen LogP contribution in [0.5, 0.6) is 0 Å². The molecule has 6 heteroatoms. The predicted octanol–water partition coefficient (Wildman–Crippen LogP) is 4.04. The number of hydrogen-bond donors (Lipinski definition) is 1. The van der Waals surface area contributed by atoms with Crippen LogP contribution in [0.3, 0.4) is 0 Å². The van der Waals surface area contributed by atoms with E-state index in [2.05, 4.69) is 12.6 Å². The summed E-state index contributed by atoms with van der Waals surface area (Å²) >= 11 is 8.68. The molecule has 0 N–H and O–H groups in total. The zero-order valence-electron chi connectivity index (χ0n) is 13.3. The van der Waals surface area contributed by atoms with Gasteiger partial charge in [-0.05, 0) is 12.2 Å². The maximum Gasteiger partial charge on any atom is 0.305 e. The highest BCUT2D eigenvalue weighted by atomic mass is 32.1. The number of ether oxygens (including phenoxy) is 2. The molecule has 0 fully saturated rings. The number of hydrogen-bond acceptors (Lipinski definition) is 5. The fourth-order valence-corrected chi connectivity index (χ4v) is 2.05. The Hall–Kier alpha value is -2.18. The molecule has 0 aliphatic carbocycles. The highest BCUT2D eigenvalue weighted by Gasteiger charge is 2.09. The molecule has 0 saturated heterocycles. The maximum absolute atomic E-state index is 10.6. The van der Waals surface area contributed by atoms with Gasteiger partial charge in [0.1, 0.15) is 0 Å². The molecule has 0 radical (unpaired) electrons. The van der Waals surface area contributed by atoms with Gasteiger partial charge in [0.15, 0.2) is 5.05 Å². The molecule has 0 spiro atoms. The van der Waals surface area contributed by atoms with Crippen molar-refractivity contribution < 1.29 is 19.1 Å². The molecular weight excluding hydrogens is 344 g/mol. The van der Waals surface area contributed by atoms with E-state index in [1.165, 1.54) is 6.92 Å². The van der Waals surface area contributed by atoms with Crippen molar-refractivity contribution in [1.82, 2.24) is 0 Å². The minimum Gasteiger partial charge on any atom is -0.444 e. The van der Waals surface area contributed by atoms with Crippen LogP contribution < -0.4 is 0 Å². The molecule has 0 amide bonds. The molecule has 24 heavy (non-hydrogen) atoms. The molecular formula is C18H18O4S2. The normalized spacial score (nSPS) is 10.6. The van der Waals surface area contributed by atoms with Gasteiger partial charge in [0, 0.05) is 25.0 Å². The van der Waals surface area contributed by atoms with Gasteiger partial charge in [-0.2, -0.15) is 0 Å². The summed E-state index contributed by atoms with van der Waals surface area (Å²) in [5, 5.41) is 0.139. The minimum atomic E-state index is -0.657. The molecule has 0 aromatic heterocycles. The Morgan fingerprint density at radius 2 is 1.38 bits per heavy atom. The third kappa shape index (κ3) is 7.89. The molecule has 126 valence electrons. The smallest absolute Gasteiger partial charge is 0.305 e. The van der Waals surface area contributed by atoms with Crippen LogP contribution in [0.1, 0.15) is 29.8 Å². The van der Waals surface area contributed by atoms with Gasteiger partial charge in [0.25, 0.3) is 0 Å². The number of carbonyl (C=O) groups is 2. The quantitative estimate of drug-likeness (QED) is 0.385. The van der Waals surface area contributed by atoms with Crippen molar-refractivity contribution in [2.45, 2.75) is 20.1 Å². The average Bonchev–Trinajstić information content (AvgIpc) is 2.56. The first-order chi connectivity index (χ1) is 11.4. The van der Waals surface area contributed by atoms with E-state index in [4.69, 9.17) is 21.7 Å². The number of rotatable bonds is 4. The first-order valence-corrected chi connectivity index (χ1v) is 7.97. The second kappa shape index (κ2) is 10.6. The van der Waals surface area contributed by atoms with Crippen molar-refractivity contribution in [3.05, 3.63) is 71.8 Å². The Balaban J connectivity index is 0.000000272. The van der Waals surface area contributed by atoms with Crippen LogP contribution in [0.25, 0.3) is 0 Å². The van der Waals surface area contributed by atoms with Crippen molar-refractivity contribution in [2.24, 2.45) is 0 Å². The van der Waals surface area contributed by atoms with Crippen LogP contribution in [0, 0.1) is 0 Å². The van der Waals surface area contributed by atoms with Gasteiger partial charge in [-0.1, -0.05) is 60.7 Å². The van der Waals surface area contributed by atoms with Gasteiger partial charge in [-0.15, -0.1) is 12.6 Å². The third-order valence-corrected chi connectivity index (χ3v) is 3.23. The average molecular weight is 362 g/mol. The molecule has 0 heterocycles. The molecule has 1 atom stereocenters. The molecule has 2 rings (SSSR count). The van der Waals surface area contributed by atoms with Crippen LogP contribution in [0.15, 0.2) is 60.7 Å². The lowest BCUT2D eigenvalue weighted by Gasteiger charge is -2.14. The third-order valence-electron chi connectivity index (χ3n) is 2.64. The van der Waals surface area contributed by atoms with E-state index in [0.29, 0.717) is 10.6 Å². The fraction of sp³-hybridized carbons (Fsp3) is 0.167. The van der Waals surface area contributed by atoms with Crippen molar-refractivity contribution in [3.63, 3.8) is 0 Å². The van der Waals surface area contributed by atoms with Gasteiger partial charge in [-0.25, -0.2) is 0 Å². The number of thiol groups is 1. The van der Waals surface area contributed by atoms with Crippen LogP contribution in [0.2, 0.25) is 0 Å². The summed E-state index contributed by atoms with van der Waals surface area (Å²) in [5.74, 6) is -0.390. The molecule has 2 aromatic carbocycles. The standard InChI is InChI=1S/C11H12O3S.C7H6OS/c1-8(12)13-9(2)14-11(15)10-6-4-3-5-7-10;8-7(9)6-4-2-1-3-5-6/h3-7,9H,1-2H3;1-5H,(H,8,9). The lowest BCUT2D eigenvalue weighted by Crippen LogP contribution is -2.19.